The first-order valence-corrected chi connectivity index (χ1v) is 7.70. The molecule has 21 heavy (non-hydrogen) atoms. The molecule has 0 spiro atoms. The van der Waals surface area contributed by atoms with Crippen LogP contribution in [-0.2, 0) is 6.42 Å². The second-order valence-corrected chi connectivity index (χ2v) is 6.00. The van der Waals surface area contributed by atoms with Gasteiger partial charge in [-0.25, -0.2) is 0 Å². The van der Waals surface area contributed by atoms with Crippen LogP contribution in [0, 0.1) is 13.8 Å². The number of nitrogens with two attached hydrogens (primary N) is 1. The van der Waals surface area contributed by atoms with Crippen LogP contribution in [0.4, 0.5) is 0 Å². The van der Waals surface area contributed by atoms with Crippen molar-refractivity contribution in [2.24, 2.45) is 5.84 Å². The Morgan fingerprint density at radius 2 is 1.81 bits per heavy atom. The number of methoxy groups -OCH3 is 1. The van der Waals surface area contributed by atoms with Crippen LogP contribution in [0.1, 0.15) is 28.3 Å². The standard InChI is InChI=1S/C17H21BrN2O/c1-11-8-14(9-12(2)17(11)18)15(20-19)10-13-6-4-5-7-16(13)21-3/h4-9,15,20H,10,19H2,1-3H3. The van der Waals surface area contributed by atoms with Gasteiger partial charge in [0.05, 0.1) is 13.2 Å². The van der Waals surface area contributed by atoms with Crippen molar-refractivity contribution >= 4 is 15.9 Å². The molecule has 0 aliphatic rings. The maximum absolute atomic E-state index is 5.78. The second kappa shape index (κ2) is 7.07. The molecule has 0 fully saturated rings. The largest absolute Gasteiger partial charge is 0.496 e. The molecule has 4 heteroatoms. The average Bonchev–Trinajstić information content (AvgIpc) is 2.50. The topological polar surface area (TPSA) is 47.3 Å². The van der Waals surface area contributed by atoms with E-state index in [4.69, 9.17) is 10.6 Å². The number of hydrazine groups is 1. The molecule has 3 nitrogen and oxygen atoms in total. The van der Waals surface area contributed by atoms with E-state index in [0.29, 0.717) is 0 Å². The first-order valence-electron chi connectivity index (χ1n) is 6.91. The van der Waals surface area contributed by atoms with E-state index in [9.17, 15) is 0 Å². The van der Waals surface area contributed by atoms with Gasteiger partial charge in [-0.2, -0.15) is 0 Å². The van der Waals surface area contributed by atoms with Crippen LogP contribution < -0.4 is 16.0 Å². The molecule has 0 bridgehead atoms. The van der Waals surface area contributed by atoms with Crippen LogP contribution in [0.2, 0.25) is 0 Å². The summed E-state index contributed by atoms with van der Waals surface area (Å²) in [4.78, 5) is 0. The first kappa shape index (κ1) is 16.0. The van der Waals surface area contributed by atoms with E-state index in [2.05, 4.69) is 53.4 Å². The minimum Gasteiger partial charge on any atom is -0.496 e. The van der Waals surface area contributed by atoms with E-state index in [0.717, 1.165) is 22.2 Å². The number of rotatable bonds is 5. The molecule has 3 N–H and O–H groups in total. The van der Waals surface area contributed by atoms with Gasteiger partial charge in [0.1, 0.15) is 5.75 Å². The van der Waals surface area contributed by atoms with Gasteiger partial charge in [0.15, 0.2) is 0 Å². The van der Waals surface area contributed by atoms with Gasteiger partial charge in [-0.05, 0) is 48.6 Å². The molecule has 0 aliphatic heterocycles. The highest BCUT2D eigenvalue weighted by Crippen LogP contribution is 2.29. The van der Waals surface area contributed by atoms with Gasteiger partial charge < -0.3 is 4.74 Å². The highest BCUT2D eigenvalue weighted by molar-refractivity contribution is 9.10. The molecule has 0 aliphatic carbocycles. The number of halogens is 1. The lowest BCUT2D eigenvalue weighted by Crippen LogP contribution is -2.29. The van der Waals surface area contributed by atoms with Crippen molar-refractivity contribution in [3.63, 3.8) is 0 Å². The number of nitrogens with one attached hydrogen (secondary N) is 1. The molecular weight excluding hydrogens is 328 g/mol. The monoisotopic (exact) mass is 348 g/mol. The summed E-state index contributed by atoms with van der Waals surface area (Å²) >= 11 is 3.60. The smallest absolute Gasteiger partial charge is 0.122 e. The molecule has 0 heterocycles. The average molecular weight is 349 g/mol. The Hall–Kier alpha value is -1.36. The summed E-state index contributed by atoms with van der Waals surface area (Å²) in [6.45, 7) is 4.19. The first-order chi connectivity index (χ1) is 10.1. The molecule has 2 aromatic rings. The number of hydrogen-bond acceptors (Lipinski definition) is 3. The Morgan fingerprint density at radius 3 is 2.38 bits per heavy atom. The summed E-state index contributed by atoms with van der Waals surface area (Å²) in [6, 6.07) is 12.4. The van der Waals surface area contributed by atoms with Crippen molar-refractivity contribution in [2.45, 2.75) is 26.3 Å². The van der Waals surface area contributed by atoms with E-state index in [1.54, 1.807) is 7.11 Å². The minimum atomic E-state index is 0.0480. The highest BCUT2D eigenvalue weighted by Gasteiger charge is 2.15. The fourth-order valence-electron chi connectivity index (χ4n) is 2.55. The lowest BCUT2D eigenvalue weighted by Gasteiger charge is -2.20. The lowest BCUT2D eigenvalue weighted by molar-refractivity contribution is 0.405. The lowest BCUT2D eigenvalue weighted by atomic mass is 9.96. The van der Waals surface area contributed by atoms with E-state index in [-0.39, 0.29) is 6.04 Å². The van der Waals surface area contributed by atoms with Crippen molar-refractivity contribution in [2.75, 3.05) is 7.11 Å². The summed E-state index contributed by atoms with van der Waals surface area (Å²) in [6.07, 6.45) is 0.779. The summed E-state index contributed by atoms with van der Waals surface area (Å²) in [5.74, 6) is 6.67. The van der Waals surface area contributed by atoms with Crippen LogP contribution in [0.15, 0.2) is 40.9 Å². The zero-order valence-electron chi connectivity index (χ0n) is 12.6. The number of benzene rings is 2. The molecule has 0 aromatic heterocycles. The number of para-hydroxylation sites is 1. The third kappa shape index (κ3) is 3.64. The molecular formula is C17H21BrN2O. The van der Waals surface area contributed by atoms with Crippen LogP contribution >= 0.6 is 15.9 Å². The predicted octanol–water partition coefficient (Wildman–Crippen LogP) is 3.82. The van der Waals surface area contributed by atoms with Gasteiger partial charge in [0.25, 0.3) is 0 Å². The SMILES string of the molecule is COc1ccccc1CC(NN)c1cc(C)c(Br)c(C)c1. The van der Waals surface area contributed by atoms with Crippen molar-refractivity contribution < 1.29 is 4.74 Å². The molecule has 1 unspecified atom stereocenters. The fraction of sp³-hybridized carbons (Fsp3) is 0.294. The Kier molecular flexibility index (Phi) is 5.39. The molecule has 2 rings (SSSR count). The van der Waals surface area contributed by atoms with Crippen molar-refractivity contribution in [1.29, 1.82) is 0 Å². The normalized spacial score (nSPS) is 12.2. The zero-order chi connectivity index (χ0) is 15.4. The van der Waals surface area contributed by atoms with Crippen molar-refractivity contribution in [1.82, 2.24) is 5.43 Å². The van der Waals surface area contributed by atoms with Gasteiger partial charge in [0, 0.05) is 4.47 Å². The Labute approximate surface area is 134 Å². The minimum absolute atomic E-state index is 0.0480. The van der Waals surface area contributed by atoms with Crippen molar-refractivity contribution in [3.05, 3.63) is 63.1 Å². The van der Waals surface area contributed by atoms with E-state index >= 15 is 0 Å². The van der Waals surface area contributed by atoms with Gasteiger partial charge in [-0.15, -0.1) is 0 Å². The zero-order valence-corrected chi connectivity index (χ0v) is 14.2. The highest BCUT2D eigenvalue weighted by atomic mass is 79.9. The van der Waals surface area contributed by atoms with E-state index in [1.165, 1.54) is 16.7 Å². The van der Waals surface area contributed by atoms with Crippen LogP contribution in [0.25, 0.3) is 0 Å². The Balaban J connectivity index is 2.32. The predicted molar refractivity (Wildman–Crippen MR) is 90.4 cm³/mol. The second-order valence-electron chi connectivity index (χ2n) is 5.20. The molecule has 0 radical (unpaired) electrons. The summed E-state index contributed by atoms with van der Waals surface area (Å²) in [5, 5.41) is 0. The fourth-order valence-corrected chi connectivity index (χ4v) is 2.77. The number of hydrogen-bond donors (Lipinski definition) is 2. The molecule has 1 atom stereocenters. The Bertz CT molecular complexity index is 605. The van der Waals surface area contributed by atoms with Crippen LogP contribution in [0.5, 0.6) is 5.75 Å². The number of ether oxygens (including phenoxy) is 1. The Morgan fingerprint density at radius 1 is 1.19 bits per heavy atom. The summed E-state index contributed by atoms with van der Waals surface area (Å²) < 4.78 is 6.57. The third-order valence-corrected chi connectivity index (χ3v) is 4.93. The summed E-state index contributed by atoms with van der Waals surface area (Å²) in [5.41, 5.74) is 7.67. The maximum Gasteiger partial charge on any atom is 0.122 e. The molecule has 0 amide bonds. The molecule has 0 saturated carbocycles. The van der Waals surface area contributed by atoms with Crippen LogP contribution in [0.3, 0.4) is 0 Å². The van der Waals surface area contributed by atoms with Crippen molar-refractivity contribution in [3.8, 4) is 5.75 Å². The van der Waals surface area contributed by atoms with E-state index < -0.39 is 0 Å². The van der Waals surface area contributed by atoms with Gasteiger partial charge >= 0.3 is 0 Å². The quantitative estimate of drug-likeness (QED) is 0.637. The van der Waals surface area contributed by atoms with E-state index in [1.807, 2.05) is 18.2 Å². The maximum atomic E-state index is 5.78. The molecule has 0 saturated heterocycles. The van der Waals surface area contributed by atoms with Gasteiger partial charge in [-0.3, -0.25) is 11.3 Å². The van der Waals surface area contributed by atoms with Gasteiger partial charge in [-0.1, -0.05) is 46.3 Å². The summed E-state index contributed by atoms with van der Waals surface area (Å²) in [7, 11) is 1.69. The molecule has 112 valence electrons. The number of aryl methyl sites for hydroxylation is 2. The molecule has 2 aromatic carbocycles. The van der Waals surface area contributed by atoms with Gasteiger partial charge in [0.2, 0.25) is 0 Å². The van der Waals surface area contributed by atoms with Crippen LogP contribution in [-0.4, -0.2) is 7.11 Å². The third-order valence-electron chi connectivity index (χ3n) is 3.68.